The minimum Gasteiger partial charge on any atom is -0.372 e. The highest BCUT2D eigenvalue weighted by molar-refractivity contribution is 5.83. The van der Waals surface area contributed by atoms with E-state index in [4.69, 9.17) is 0 Å². The fourth-order valence-corrected chi connectivity index (χ4v) is 3.00. The monoisotopic (exact) mass is 290 g/mol. The van der Waals surface area contributed by atoms with E-state index in [-0.39, 0.29) is 11.3 Å². The van der Waals surface area contributed by atoms with Gasteiger partial charge in [0.15, 0.2) is 6.29 Å². The largest absolute Gasteiger partial charge is 0.372 e. The van der Waals surface area contributed by atoms with E-state index >= 15 is 0 Å². The van der Waals surface area contributed by atoms with Crippen molar-refractivity contribution in [3.05, 3.63) is 33.9 Å². The molecule has 0 saturated heterocycles. The average molecular weight is 290 g/mol. The van der Waals surface area contributed by atoms with Crippen LogP contribution >= 0.6 is 0 Å². The van der Waals surface area contributed by atoms with E-state index in [0.29, 0.717) is 17.7 Å². The van der Waals surface area contributed by atoms with E-state index in [2.05, 4.69) is 18.7 Å². The minimum absolute atomic E-state index is 0.132. The Morgan fingerprint density at radius 3 is 2.48 bits per heavy atom. The zero-order chi connectivity index (χ0) is 15.6. The van der Waals surface area contributed by atoms with Gasteiger partial charge in [-0.25, -0.2) is 0 Å². The molecule has 1 aliphatic rings. The second-order valence-corrected chi connectivity index (χ2v) is 6.62. The summed E-state index contributed by atoms with van der Waals surface area (Å²) in [7, 11) is 2.00. The predicted octanol–water partition coefficient (Wildman–Crippen LogP) is 3.81. The van der Waals surface area contributed by atoms with Crippen LogP contribution in [0.2, 0.25) is 0 Å². The van der Waals surface area contributed by atoms with Crippen molar-refractivity contribution in [3.8, 4) is 0 Å². The molecule has 1 aliphatic carbocycles. The van der Waals surface area contributed by atoms with Gasteiger partial charge in [-0.2, -0.15) is 0 Å². The summed E-state index contributed by atoms with van der Waals surface area (Å²) < 4.78 is 0. The van der Waals surface area contributed by atoms with E-state index in [1.807, 2.05) is 7.05 Å². The number of aldehydes is 1. The molecular formula is C16H22N2O3. The van der Waals surface area contributed by atoms with Gasteiger partial charge in [-0.1, -0.05) is 13.8 Å². The topological polar surface area (TPSA) is 63.4 Å². The summed E-state index contributed by atoms with van der Waals surface area (Å²) in [5.74, 6) is 0. The van der Waals surface area contributed by atoms with E-state index in [1.54, 1.807) is 12.1 Å². The maximum absolute atomic E-state index is 11.0. The van der Waals surface area contributed by atoms with Gasteiger partial charge < -0.3 is 4.90 Å². The van der Waals surface area contributed by atoms with Gasteiger partial charge in [-0.3, -0.25) is 14.9 Å². The molecule has 0 spiro atoms. The van der Waals surface area contributed by atoms with Crippen LogP contribution < -0.4 is 4.90 Å². The van der Waals surface area contributed by atoms with Gasteiger partial charge in [0.25, 0.3) is 5.69 Å². The molecule has 0 heterocycles. The molecule has 1 fully saturated rings. The Labute approximate surface area is 125 Å². The molecule has 0 atom stereocenters. The number of nitrogens with zero attached hydrogens (tertiary/aromatic N) is 2. The third-order valence-corrected chi connectivity index (χ3v) is 4.60. The second-order valence-electron chi connectivity index (χ2n) is 6.62. The first-order valence-corrected chi connectivity index (χ1v) is 7.30. The van der Waals surface area contributed by atoms with Crippen LogP contribution in [0, 0.1) is 15.5 Å². The number of hydrogen-bond acceptors (Lipinski definition) is 4. The molecule has 114 valence electrons. The van der Waals surface area contributed by atoms with Crippen LogP contribution in [0.5, 0.6) is 0 Å². The highest BCUT2D eigenvalue weighted by Crippen LogP contribution is 2.38. The second kappa shape index (κ2) is 5.84. The minimum atomic E-state index is -0.517. The van der Waals surface area contributed by atoms with Gasteiger partial charge in [0, 0.05) is 24.8 Å². The Bertz CT molecular complexity index is 544. The number of benzene rings is 1. The van der Waals surface area contributed by atoms with Crippen LogP contribution in [0.25, 0.3) is 0 Å². The van der Waals surface area contributed by atoms with Crippen LogP contribution in [0.3, 0.4) is 0 Å². The van der Waals surface area contributed by atoms with Crippen molar-refractivity contribution < 1.29 is 9.72 Å². The van der Waals surface area contributed by atoms with Crippen molar-refractivity contribution in [2.45, 2.75) is 45.6 Å². The third-order valence-electron chi connectivity index (χ3n) is 4.60. The van der Waals surface area contributed by atoms with E-state index in [1.165, 1.54) is 18.9 Å². The highest BCUT2D eigenvalue weighted by atomic mass is 16.6. The predicted molar refractivity (Wildman–Crippen MR) is 82.9 cm³/mol. The molecule has 0 amide bonds. The van der Waals surface area contributed by atoms with Crippen LogP contribution in [0.4, 0.5) is 11.4 Å². The van der Waals surface area contributed by atoms with Crippen LogP contribution in [0.1, 0.15) is 49.9 Å². The van der Waals surface area contributed by atoms with Gasteiger partial charge in [-0.05, 0) is 43.2 Å². The SMILES string of the molecule is CN(c1ccc([N+](=O)[O-])c(C=O)c1)C1CCC(C)(C)CC1. The van der Waals surface area contributed by atoms with Gasteiger partial charge >= 0.3 is 0 Å². The van der Waals surface area contributed by atoms with Gasteiger partial charge in [0.2, 0.25) is 0 Å². The normalized spacial score (nSPS) is 18.2. The van der Waals surface area contributed by atoms with Crippen LogP contribution in [-0.2, 0) is 0 Å². The summed E-state index contributed by atoms with van der Waals surface area (Å²) in [5.41, 5.74) is 1.28. The van der Waals surface area contributed by atoms with Crippen molar-refractivity contribution in [2.24, 2.45) is 5.41 Å². The number of carbonyl (C=O) groups is 1. The lowest BCUT2D eigenvalue weighted by Gasteiger charge is -2.39. The van der Waals surface area contributed by atoms with Crippen molar-refractivity contribution >= 4 is 17.7 Å². The Kier molecular flexibility index (Phi) is 4.30. The van der Waals surface area contributed by atoms with E-state index < -0.39 is 4.92 Å². The molecule has 0 aliphatic heterocycles. The Morgan fingerprint density at radius 2 is 1.95 bits per heavy atom. The maximum atomic E-state index is 11.0. The lowest BCUT2D eigenvalue weighted by Crippen LogP contribution is -2.37. The van der Waals surface area contributed by atoms with E-state index in [9.17, 15) is 14.9 Å². The summed E-state index contributed by atoms with van der Waals surface area (Å²) >= 11 is 0. The average Bonchev–Trinajstić information content (AvgIpc) is 2.45. The molecule has 0 unspecified atom stereocenters. The standard InChI is InChI=1S/C16H22N2O3/c1-16(2)8-6-13(7-9-16)17(3)14-4-5-15(18(20)21)12(10-14)11-19/h4-5,10-11,13H,6-9H2,1-3H3. The van der Waals surface area contributed by atoms with Crippen molar-refractivity contribution in [1.82, 2.24) is 0 Å². The number of nitro groups is 1. The maximum Gasteiger partial charge on any atom is 0.280 e. The third kappa shape index (κ3) is 3.40. The van der Waals surface area contributed by atoms with Crippen LogP contribution in [-0.4, -0.2) is 24.3 Å². The molecule has 0 aromatic heterocycles. The number of hydrogen-bond donors (Lipinski definition) is 0. The lowest BCUT2D eigenvalue weighted by molar-refractivity contribution is -0.385. The summed E-state index contributed by atoms with van der Waals surface area (Å²) in [6.07, 6.45) is 5.12. The summed E-state index contributed by atoms with van der Waals surface area (Å²) in [4.78, 5) is 23.5. The van der Waals surface area contributed by atoms with Crippen LogP contribution in [0.15, 0.2) is 18.2 Å². The zero-order valence-electron chi connectivity index (χ0n) is 12.8. The smallest absolute Gasteiger partial charge is 0.280 e. The summed E-state index contributed by atoms with van der Waals surface area (Å²) in [6.45, 7) is 4.58. The van der Waals surface area contributed by atoms with Gasteiger partial charge in [0.1, 0.15) is 0 Å². The molecular weight excluding hydrogens is 268 g/mol. The molecule has 5 nitrogen and oxygen atoms in total. The number of nitro benzene ring substituents is 1. The van der Waals surface area contributed by atoms with Gasteiger partial charge in [-0.15, -0.1) is 0 Å². The number of carbonyl (C=O) groups excluding carboxylic acids is 1. The molecule has 0 N–H and O–H groups in total. The molecule has 5 heteroatoms. The fraction of sp³-hybridized carbons (Fsp3) is 0.562. The molecule has 21 heavy (non-hydrogen) atoms. The van der Waals surface area contributed by atoms with Crippen molar-refractivity contribution in [3.63, 3.8) is 0 Å². The number of rotatable bonds is 4. The van der Waals surface area contributed by atoms with Crippen molar-refractivity contribution in [2.75, 3.05) is 11.9 Å². The first-order valence-electron chi connectivity index (χ1n) is 7.30. The Balaban J connectivity index is 2.18. The van der Waals surface area contributed by atoms with E-state index in [0.717, 1.165) is 18.5 Å². The summed E-state index contributed by atoms with van der Waals surface area (Å²) in [5, 5.41) is 10.9. The summed E-state index contributed by atoms with van der Waals surface area (Å²) in [6, 6.07) is 5.19. The van der Waals surface area contributed by atoms with Gasteiger partial charge in [0.05, 0.1) is 10.5 Å². The molecule has 2 rings (SSSR count). The first-order chi connectivity index (χ1) is 9.84. The molecule has 0 radical (unpaired) electrons. The molecule has 1 aromatic rings. The zero-order valence-corrected chi connectivity index (χ0v) is 12.8. The fourth-order valence-electron chi connectivity index (χ4n) is 3.00. The Hall–Kier alpha value is -1.91. The first kappa shape index (κ1) is 15.5. The number of anilines is 1. The molecule has 1 saturated carbocycles. The quantitative estimate of drug-likeness (QED) is 0.480. The molecule has 1 aromatic carbocycles. The van der Waals surface area contributed by atoms with Crippen molar-refractivity contribution in [1.29, 1.82) is 0 Å². The molecule has 0 bridgehead atoms. The highest BCUT2D eigenvalue weighted by Gasteiger charge is 2.29. The Morgan fingerprint density at radius 1 is 1.33 bits per heavy atom. The lowest BCUT2D eigenvalue weighted by atomic mass is 9.75.